The zero-order valence-corrected chi connectivity index (χ0v) is 12.9. The SMILES string of the molecule is CCOC(=O)/C(C#N)=C/Nc1ccc(SC#N)cc1Br. The Bertz CT molecular complexity index is 617. The molecule has 0 aliphatic heterocycles. The van der Waals surface area contributed by atoms with Crippen molar-refractivity contribution in [2.75, 3.05) is 11.9 Å². The third-order valence-electron chi connectivity index (χ3n) is 2.09. The number of thioether (sulfide) groups is 1. The summed E-state index contributed by atoms with van der Waals surface area (Å²) in [7, 11) is 0. The zero-order chi connectivity index (χ0) is 15.0. The van der Waals surface area contributed by atoms with Gasteiger partial charge in [-0.1, -0.05) is 0 Å². The van der Waals surface area contributed by atoms with Crippen molar-refractivity contribution in [1.82, 2.24) is 0 Å². The average molecular weight is 352 g/mol. The minimum absolute atomic E-state index is 0.116. The van der Waals surface area contributed by atoms with Crippen LogP contribution in [-0.4, -0.2) is 12.6 Å². The Labute approximate surface area is 129 Å². The normalized spacial score (nSPS) is 10.3. The van der Waals surface area contributed by atoms with Crippen LogP contribution in [-0.2, 0) is 9.53 Å². The predicted octanol–water partition coefficient (Wildman–Crippen LogP) is 3.40. The van der Waals surface area contributed by atoms with Gasteiger partial charge in [-0.3, -0.25) is 0 Å². The number of nitrogens with zero attached hydrogens (tertiary/aromatic N) is 2. The standard InChI is InChI=1S/C13H10BrN3O2S/c1-2-19-13(18)9(6-15)7-17-12-4-3-10(20-8-16)5-11(12)14/h3-5,7,17H,2H2,1H3/b9-7+. The summed E-state index contributed by atoms with van der Waals surface area (Å²) in [4.78, 5) is 12.2. The molecule has 102 valence electrons. The number of benzene rings is 1. The molecule has 0 aliphatic rings. The Morgan fingerprint density at radius 3 is 2.85 bits per heavy atom. The molecule has 20 heavy (non-hydrogen) atoms. The minimum Gasteiger partial charge on any atom is -0.462 e. The largest absolute Gasteiger partial charge is 0.462 e. The minimum atomic E-state index is -0.671. The van der Waals surface area contributed by atoms with Gasteiger partial charge in [-0.25, -0.2) is 4.79 Å². The van der Waals surface area contributed by atoms with Crippen molar-refractivity contribution in [2.45, 2.75) is 11.8 Å². The van der Waals surface area contributed by atoms with Crippen molar-refractivity contribution in [2.24, 2.45) is 0 Å². The van der Waals surface area contributed by atoms with Crippen LogP contribution in [0, 0.1) is 22.0 Å². The molecule has 0 saturated carbocycles. The van der Waals surface area contributed by atoms with E-state index in [-0.39, 0.29) is 12.2 Å². The highest BCUT2D eigenvalue weighted by Crippen LogP contribution is 2.28. The fraction of sp³-hybridized carbons (Fsp3) is 0.154. The molecule has 1 rings (SSSR count). The molecule has 0 aliphatic carbocycles. The molecule has 0 unspecified atom stereocenters. The summed E-state index contributed by atoms with van der Waals surface area (Å²) >= 11 is 4.39. The van der Waals surface area contributed by atoms with Gasteiger partial charge in [0.05, 0.1) is 12.3 Å². The van der Waals surface area contributed by atoms with Crippen LogP contribution in [0.15, 0.2) is 39.3 Å². The van der Waals surface area contributed by atoms with E-state index >= 15 is 0 Å². The van der Waals surface area contributed by atoms with E-state index < -0.39 is 5.97 Å². The highest BCUT2D eigenvalue weighted by molar-refractivity contribution is 9.10. The Kier molecular flexibility index (Phi) is 6.65. The van der Waals surface area contributed by atoms with Crippen molar-refractivity contribution in [3.8, 4) is 11.5 Å². The van der Waals surface area contributed by atoms with E-state index in [1.165, 1.54) is 6.20 Å². The highest BCUT2D eigenvalue weighted by atomic mass is 79.9. The maximum absolute atomic E-state index is 11.4. The van der Waals surface area contributed by atoms with Gasteiger partial charge in [0.2, 0.25) is 0 Å². The number of nitrogens with one attached hydrogen (secondary N) is 1. The number of esters is 1. The molecular weight excluding hydrogens is 342 g/mol. The van der Waals surface area contributed by atoms with Gasteiger partial charge in [-0.2, -0.15) is 10.5 Å². The Balaban J connectivity index is 2.86. The van der Waals surface area contributed by atoms with Gasteiger partial charge >= 0.3 is 5.97 Å². The number of nitriles is 2. The molecule has 5 nitrogen and oxygen atoms in total. The molecule has 1 aromatic rings. The van der Waals surface area contributed by atoms with E-state index in [2.05, 4.69) is 21.2 Å². The van der Waals surface area contributed by atoms with Crippen molar-refractivity contribution in [3.63, 3.8) is 0 Å². The smallest absolute Gasteiger partial charge is 0.350 e. The van der Waals surface area contributed by atoms with Crippen LogP contribution in [0.2, 0.25) is 0 Å². The molecule has 0 radical (unpaired) electrons. The second-order valence-corrected chi connectivity index (χ2v) is 5.08. The van der Waals surface area contributed by atoms with Gasteiger partial charge in [-0.15, -0.1) is 0 Å². The van der Waals surface area contributed by atoms with E-state index in [1.807, 2.05) is 5.40 Å². The molecule has 0 spiro atoms. The summed E-state index contributed by atoms with van der Waals surface area (Å²) in [6.07, 6.45) is 1.29. The number of halogens is 1. The number of ether oxygens (including phenoxy) is 1. The molecule has 7 heteroatoms. The average Bonchev–Trinajstić information content (AvgIpc) is 2.42. The Morgan fingerprint density at radius 2 is 2.30 bits per heavy atom. The van der Waals surface area contributed by atoms with E-state index in [0.717, 1.165) is 21.1 Å². The lowest BCUT2D eigenvalue weighted by atomic mass is 10.3. The monoisotopic (exact) mass is 351 g/mol. The summed E-state index contributed by atoms with van der Waals surface area (Å²) < 4.78 is 5.46. The number of hydrogen-bond acceptors (Lipinski definition) is 6. The first-order valence-corrected chi connectivity index (χ1v) is 7.12. The Morgan fingerprint density at radius 1 is 1.55 bits per heavy atom. The first kappa shape index (κ1) is 16.1. The summed E-state index contributed by atoms with van der Waals surface area (Å²) in [6.45, 7) is 1.88. The quantitative estimate of drug-likeness (QED) is 0.287. The summed E-state index contributed by atoms with van der Waals surface area (Å²) in [5, 5.41) is 22.3. The van der Waals surface area contributed by atoms with Crippen LogP contribution in [0.4, 0.5) is 5.69 Å². The molecule has 1 N–H and O–H groups in total. The number of thiocyanates is 1. The van der Waals surface area contributed by atoms with Crippen LogP contribution >= 0.6 is 27.7 Å². The van der Waals surface area contributed by atoms with Crippen molar-refractivity contribution in [1.29, 1.82) is 10.5 Å². The van der Waals surface area contributed by atoms with E-state index in [1.54, 1.807) is 31.2 Å². The third-order valence-corrected chi connectivity index (χ3v) is 3.33. The van der Waals surface area contributed by atoms with Crippen molar-refractivity contribution in [3.05, 3.63) is 34.4 Å². The molecule has 1 aromatic carbocycles. The Hall–Kier alpha value is -1.96. The molecule has 0 aromatic heterocycles. The lowest BCUT2D eigenvalue weighted by molar-refractivity contribution is -0.138. The van der Waals surface area contributed by atoms with Crippen LogP contribution in [0.25, 0.3) is 0 Å². The molecule has 0 fully saturated rings. The second kappa shape index (κ2) is 8.26. The van der Waals surface area contributed by atoms with Crippen LogP contribution in [0.3, 0.4) is 0 Å². The fourth-order valence-corrected chi connectivity index (χ4v) is 2.29. The predicted molar refractivity (Wildman–Crippen MR) is 79.6 cm³/mol. The van der Waals surface area contributed by atoms with E-state index in [4.69, 9.17) is 15.3 Å². The maximum Gasteiger partial charge on any atom is 0.350 e. The molecule has 0 saturated heterocycles. The van der Waals surface area contributed by atoms with E-state index in [0.29, 0.717) is 5.69 Å². The van der Waals surface area contributed by atoms with Gasteiger partial charge < -0.3 is 10.1 Å². The van der Waals surface area contributed by atoms with Crippen LogP contribution < -0.4 is 5.32 Å². The van der Waals surface area contributed by atoms with Gasteiger partial charge in [0, 0.05) is 15.6 Å². The highest BCUT2D eigenvalue weighted by Gasteiger charge is 2.09. The maximum atomic E-state index is 11.4. The molecular formula is C13H10BrN3O2S. The molecule has 0 atom stereocenters. The van der Waals surface area contributed by atoms with Crippen molar-refractivity contribution < 1.29 is 9.53 Å². The third kappa shape index (κ3) is 4.61. The lowest BCUT2D eigenvalue weighted by Gasteiger charge is -2.06. The first-order chi connectivity index (χ1) is 9.62. The number of rotatable bonds is 5. The van der Waals surface area contributed by atoms with Crippen LogP contribution in [0.1, 0.15) is 6.92 Å². The van der Waals surface area contributed by atoms with Gasteiger partial charge in [0.1, 0.15) is 11.5 Å². The molecule has 0 bridgehead atoms. The summed E-state index contributed by atoms with van der Waals surface area (Å²) in [6, 6.07) is 7.03. The van der Waals surface area contributed by atoms with Crippen molar-refractivity contribution >= 4 is 39.3 Å². The number of carbonyl (C=O) groups excluding carboxylic acids is 1. The fourth-order valence-electron chi connectivity index (χ4n) is 1.22. The molecule has 0 heterocycles. The summed E-state index contributed by atoms with van der Waals surface area (Å²) in [5.41, 5.74) is 0.554. The van der Waals surface area contributed by atoms with Gasteiger partial charge in [-0.05, 0) is 52.8 Å². The zero-order valence-electron chi connectivity index (χ0n) is 10.5. The lowest BCUT2D eigenvalue weighted by Crippen LogP contribution is -2.08. The first-order valence-electron chi connectivity index (χ1n) is 5.51. The molecule has 0 amide bonds. The summed E-state index contributed by atoms with van der Waals surface area (Å²) in [5.74, 6) is -0.671. The number of hydrogen-bond donors (Lipinski definition) is 1. The second-order valence-electron chi connectivity index (χ2n) is 3.37. The van der Waals surface area contributed by atoms with Crippen LogP contribution in [0.5, 0.6) is 0 Å². The van der Waals surface area contributed by atoms with Gasteiger partial charge in [0.25, 0.3) is 0 Å². The van der Waals surface area contributed by atoms with Gasteiger partial charge in [0.15, 0.2) is 5.57 Å². The van der Waals surface area contributed by atoms with E-state index in [9.17, 15) is 4.79 Å². The number of anilines is 1. The number of carbonyl (C=O) groups is 1. The topological polar surface area (TPSA) is 85.9 Å².